The van der Waals surface area contributed by atoms with Gasteiger partial charge in [-0.05, 0) is 58.6 Å². The molecular formula is C30H38FN5O5. The van der Waals surface area contributed by atoms with Gasteiger partial charge in [0.1, 0.15) is 41.6 Å². The summed E-state index contributed by atoms with van der Waals surface area (Å²) >= 11 is 0. The fraction of sp³-hybridized carbons (Fsp3) is 0.533. The molecule has 1 fully saturated rings. The summed E-state index contributed by atoms with van der Waals surface area (Å²) in [4.78, 5) is 35.5. The highest BCUT2D eigenvalue weighted by molar-refractivity contribution is 5.95. The average molecular weight is 568 g/mol. The van der Waals surface area contributed by atoms with Gasteiger partial charge in [-0.25, -0.2) is 14.2 Å². The molecule has 1 unspecified atom stereocenters. The Morgan fingerprint density at radius 2 is 1.90 bits per heavy atom. The number of aryl methyl sites for hydroxylation is 1. The molecule has 1 aromatic carbocycles. The Hall–Kier alpha value is -3.89. The normalized spacial score (nSPS) is 17.8. The molecule has 1 aliphatic heterocycles. The zero-order valence-electron chi connectivity index (χ0n) is 24.1. The van der Waals surface area contributed by atoms with E-state index in [0.717, 1.165) is 38.5 Å². The summed E-state index contributed by atoms with van der Waals surface area (Å²) in [5.41, 5.74) is 1.21. The summed E-state index contributed by atoms with van der Waals surface area (Å²) in [5, 5.41) is 6.98. The molecule has 2 aliphatic rings. The van der Waals surface area contributed by atoms with Crippen LogP contribution in [0, 0.1) is 18.7 Å². The number of hydrogen-bond acceptors (Lipinski definition) is 7. The Kier molecular flexibility index (Phi) is 8.32. The van der Waals surface area contributed by atoms with E-state index in [1.54, 1.807) is 39.8 Å². The molecule has 41 heavy (non-hydrogen) atoms. The second-order valence-corrected chi connectivity index (χ2v) is 11.8. The van der Waals surface area contributed by atoms with E-state index in [1.165, 1.54) is 23.8 Å². The average Bonchev–Trinajstić information content (AvgIpc) is 3.53. The lowest BCUT2D eigenvalue weighted by Gasteiger charge is -2.31. The lowest BCUT2D eigenvalue weighted by molar-refractivity contribution is 0.0295. The number of carbonyl (C=O) groups is 2. The van der Waals surface area contributed by atoms with Gasteiger partial charge in [-0.1, -0.05) is 37.3 Å². The maximum absolute atomic E-state index is 16.1. The van der Waals surface area contributed by atoms with Crippen molar-refractivity contribution in [2.24, 2.45) is 5.92 Å². The van der Waals surface area contributed by atoms with Gasteiger partial charge in [0, 0.05) is 5.56 Å². The van der Waals surface area contributed by atoms with Gasteiger partial charge in [0.15, 0.2) is 5.82 Å². The molecule has 11 heteroatoms. The number of aromatic amines is 1. The summed E-state index contributed by atoms with van der Waals surface area (Å²) in [6.45, 7) is 7.55. The SMILES string of the molecule is Cc1nocc1C(=O)NC(c1nc2c(F)c(C3=COCCN3C(=O)OC(C)(C)C)ccc2[nH]1)C1CCCCCCC1. The first-order valence-electron chi connectivity index (χ1n) is 14.3. The third-order valence-corrected chi connectivity index (χ3v) is 7.62. The predicted octanol–water partition coefficient (Wildman–Crippen LogP) is 6.40. The summed E-state index contributed by atoms with van der Waals surface area (Å²) in [5.74, 6) is -0.288. The van der Waals surface area contributed by atoms with Crippen molar-refractivity contribution in [2.75, 3.05) is 13.2 Å². The van der Waals surface area contributed by atoms with Gasteiger partial charge in [0.25, 0.3) is 5.91 Å². The molecule has 3 heterocycles. The Morgan fingerprint density at radius 1 is 1.17 bits per heavy atom. The molecule has 2 amide bonds. The first-order valence-corrected chi connectivity index (χ1v) is 14.3. The van der Waals surface area contributed by atoms with Crippen molar-refractivity contribution >= 4 is 28.7 Å². The van der Waals surface area contributed by atoms with Crippen molar-refractivity contribution in [3.8, 4) is 0 Å². The number of aromatic nitrogens is 3. The van der Waals surface area contributed by atoms with Gasteiger partial charge in [0.05, 0.1) is 29.5 Å². The minimum Gasteiger partial charge on any atom is -0.497 e. The number of benzene rings is 1. The van der Waals surface area contributed by atoms with Crippen molar-refractivity contribution in [1.82, 2.24) is 25.3 Å². The van der Waals surface area contributed by atoms with Crippen molar-refractivity contribution < 1.29 is 28.0 Å². The number of fused-ring (bicyclic) bond motifs is 1. The number of amides is 2. The number of nitrogens with zero attached hydrogens (tertiary/aromatic N) is 3. The number of rotatable bonds is 5. The van der Waals surface area contributed by atoms with E-state index in [-0.39, 0.29) is 41.8 Å². The number of halogens is 1. The quantitative estimate of drug-likeness (QED) is 0.366. The molecule has 2 N–H and O–H groups in total. The van der Waals surface area contributed by atoms with Gasteiger partial charge in [0.2, 0.25) is 0 Å². The standard InChI is InChI=1S/C30H38FN5O5/c1-18-21(16-40-35-18)28(37)34-25(19-10-8-6-5-7-9-11-19)27-32-22-13-12-20(24(31)26(22)33-27)23-17-39-15-14-36(23)29(38)41-30(2,3)4/h12-13,16-17,19,25H,5-11,14-15H2,1-4H3,(H,32,33)(H,34,37). The largest absolute Gasteiger partial charge is 0.497 e. The number of H-pyrrole nitrogens is 1. The summed E-state index contributed by atoms with van der Waals surface area (Å²) in [7, 11) is 0. The van der Waals surface area contributed by atoms with Crippen LogP contribution in [0.3, 0.4) is 0 Å². The van der Waals surface area contributed by atoms with E-state index in [2.05, 4.69) is 15.5 Å². The zero-order valence-corrected chi connectivity index (χ0v) is 24.1. The van der Waals surface area contributed by atoms with Crippen LogP contribution >= 0.6 is 0 Å². The lowest BCUT2D eigenvalue weighted by atomic mass is 9.85. The molecule has 1 aliphatic carbocycles. The van der Waals surface area contributed by atoms with Gasteiger partial charge < -0.3 is 24.3 Å². The minimum absolute atomic E-state index is 0.124. The minimum atomic E-state index is -0.707. The highest BCUT2D eigenvalue weighted by Gasteiger charge is 2.32. The van der Waals surface area contributed by atoms with E-state index in [4.69, 9.17) is 19.0 Å². The Balaban J connectivity index is 1.50. The maximum atomic E-state index is 16.1. The maximum Gasteiger partial charge on any atom is 0.415 e. The smallest absolute Gasteiger partial charge is 0.415 e. The summed E-state index contributed by atoms with van der Waals surface area (Å²) < 4.78 is 32.2. The van der Waals surface area contributed by atoms with Crippen molar-refractivity contribution in [3.05, 3.63) is 53.1 Å². The van der Waals surface area contributed by atoms with E-state index < -0.39 is 23.6 Å². The number of ether oxygens (including phenoxy) is 2. The molecule has 0 radical (unpaired) electrons. The van der Waals surface area contributed by atoms with Crippen LogP contribution in [-0.4, -0.2) is 50.8 Å². The Bertz CT molecular complexity index is 1430. The summed E-state index contributed by atoms with van der Waals surface area (Å²) in [6.07, 6.45) is 9.59. The molecule has 1 atom stereocenters. The van der Waals surface area contributed by atoms with E-state index >= 15 is 4.39 Å². The van der Waals surface area contributed by atoms with E-state index in [0.29, 0.717) is 22.6 Å². The third kappa shape index (κ3) is 6.39. The van der Waals surface area contributed by atoms with Gasteiger partial charge in [-0.3, -0.25) is 9.69 Å². The molecule has 0 bridgehead atoms. The fourth-order valence-electron chi connectivity index (χ4n) is 5.55. The lowest BCUT2D eigenvalue weighted by Crippen LogP contribution is -2.39. The topological polar surface area (TPSA) is 123 Å². The van der Waals surface area contributed by atoms with Gasteiger partial charge >= 0.3 is 6.09 Å². The monoisotopic (exact) mass is 567 g/mol. The predicted molar refractivity (Wildman–Crippen MR) is 150 cm³/mol. The number of hydrogen-bond donors (Lipinski definition) is 2. The number of nitrogens with one attached hydrogen (secondary N) is 2. The van der Waals surface area contributed by atoms with Crippen LogP contribution in [0.5, 0.6) is 0 Å². The van der Waals surface area contributed by atoms with E-state index in [9.17, 15) is 9.59 Å². The third-order valence-electron chi connectivity index (χ3n) is 7.62. The van der Waals surface area contributed by atoms with Crippen molar-refractivity contribution in [2.45, 2.75) is 84.3 Å². The van der Waals surface area contributed by atoms with Crippen LogP contribution in [0.1, 0.15) is 99.2 Å². The molecule has 3 aromatic rings. The second kappa shape index (κ2) is 11.9. The highest BCUT2D eigenvalue weighted by atomic mass is 19.1. The van der Waals surface area contributed by atoms with Gasteiger partial charge in [-0.15, -0.1) is 0 Å². The first-order chi connectivity index (χ1) is 19.6. The molecule has 2 aromatic heterocycles. The Labute approximate surface area is 238 Å². The van der Waals surface area contributed by atoms with E-state index in [1.807, 2.05) is 0 Å². The van der Waals surface area contributed by atoms with Crippen molar-refractivity contribution in [1.29, 1.82) is 0 Å². The van der Waals surface area contributed by atoms with Gasteiger partial charge in [-0.2, -0.15) is 0 Å². The number of carbonyl (C=O) groups excluding carboxylic acids is 2. The molecule has 0 spiro atoms. The second-order valence-electron chi connectivity index (χ2n) is 11.8. The summed E-state index contributed by atoms with van der Waals surface area (Å²) in [6, 6.07) is 2.87. The molecule has 220 valence electrons. The van der Waals surface area contributed by atoms with Crippen LogP contribution in [-0.2, 0) is 9.47 Å². The highest BCUT2D eigenvalue weighted by Crippen LogP contribution is 2.35. The molecule has 10 nitrogen and oxygen atoms in total. The van der Waals surface area contributed by atoms with Crippen molar-refractivity contribution in [3.63, 3.8) is 0 Å². The zero-order chi connectivity index (χ0) is 29.1. The fourth-order valence-corrected chi connectivity index (χ4v) is 5.55. The molecule has 0 saturated heterocycles. The molecule has 5 rings (SSSR count). The van der Waals surface area contributed by atoms with Crippen LogP contribution < -0.4 is 5.32 Å². The van der Waals surface area contributed by atoms with Crippen LogP contribution in [0.15, 0.2) is 29.2 Å². The molecular weight excluding hydrogens is 529 g/mol. The molecule has 1 saturated carbocycles. The number of imidazole rings is 1. The first kappa shape index (κ1) is 28.6. The van der Waals surface area contributed by atoms with Crippen LogP contribution in [0.25, 0.3) is 16.7 Å². The van der Waals surface area contributed by atoms with Crippen LogP contribution in [0.2, 0.25) is 0 Å². The van der Waals surface area contributed by atoms with Crippen LogP contribution in [0.4, 0.5) is 9.18 Å². The Morgan fingerprint density at radius 3 is 2.59 bits per heavy atom.